The minimum Gasteiger partial charge on any atom is -0.492 e. The summed E-state index contributed by atoms with van der Waals surface area (Å²) in [6.07, 6.45) is 3.64. The van der Waals surface area contributed by atoms with E-state index in [4.69, 9.17) is 32.7 Å². The van der Waals surface area contributed by atoms with Gasteiger partial charge >= 0.3 is 0 Å². The molecule has 3 aromatic rings. The number of benzene rings is 3. The lowest BCUT2D eigenvalue weighted by Gasteiger charge is -2.30. The average molecular weight is 614 g/mol. The number of rotatable bonds is 7. The third kappa shape index (κ3) is 8.44. The molecule has 3 aromatic carbocycles. The molecule has 2 aliphatic rings. The molecule has 0 aromatic heterocycles. The first-order chi connectivity index (χ1) is 19.4. The smallest absolute Gasteiger partial charge is 0.254 e. The molecule has 0 N–H and O–H groups in total. The molecule has 0 spiro atoms. The fourth-order valence-corrected chi connectivity index (χ4v) is 4.95. The van der Waals surface area contributed by atoms with E-state index in [0.29, 0.717) is 39.1 Å². The van der Waals surface area contributed by atoms with E-state index in [1.54, 1.807) is 41.3 Å². The Labute approximate surface area is 256 Å². The van der Waals surface area contributed by atoms with Gasteiger partial charge in [0.25, 0.3) is 5.91 Å². The zero-order valence-electron chi connectivity index (χ0n) is 22.4. The van der Waals surface area contributed by atoms with Gasteiger partial charge in [-0.15, -0.1) is 12.4 Å². The van der Waals surface area contributed by atoms with Crippen LogP contribution in [0.2, 0.25) is 10.0 Å². The second kappa shape index (κ2) is 14.7. The van der Waals surface area contributed by atoms with Crippen molar-refractivity contribution in [2.24, 2.45) is 0 Å². The molecule has 41 heavy (non-hydrogen) atoms. The summed E-state index contributed by atoms with van der Waals surface area (Å²) >= 11 is 12.1. The highest BCUT2D eigenvalue weighted by Gasteiger charge is 2.29. The van der Waals surface area contributed by atoms with Gasteiger partial charge in [0.05, 0.1) is 26.3 Å². The lowest BCUT2D eigenvalue weighted by molar-refractivity contribution is -0.113. The molecule has 2 fully saturated rings. The number of Topliss-reactive ketones (excluding diaryl/α,β-unsaturated/α-hetero) is 1. The van der Waals surface area contributed by atoms with Crippen LogP contribution in [0.3, 0.4) is 0 Å². The lowest BCUT2D eigenvalue weighted by atomic mass is 9.93. The van der Waals surface area contributed by atoms with Crippen molar-refractivity contribution >= 4 is 59.5 Å². The van der Waals surface area contributed by atoms with E-state index in [-0.39, 0.29) is 37.2 Å². The molecule has 0 radical (unpaired) electrons. The number of ketones is 1. The maximum atomic E-state index is 13.6. The van der Waals surface area contributed by atoms with E-state index in [1.165, 1.54) is 0 Å². The maximum absolute atomic E-state index is 13.6. The van der Waals surface area contributed by atoms with Crippen LogP contribution in [-0.2, 0) is 9.53 Å². The van der Waals surface area contributed by atoms with Crippen LogP contribution in [0.4, 0.5) is 0 Å². The zero-order valence-corrected chi connectivity index (χ0v) is 24.8. The van der Waals surface area contributed by atoms with Crippen molar-refractivity contribution in [3.8, 4) is 5.75 Å². The molecular weight excluding hydrogens is 583 g/mol. The number of carbonyl (C=O) groups excluding carboxylic acids is 2. The molecule has 0 aliphatic carbocycles. The van der Waals surface area contributed by atoms with Crippen LogP contribution in [0.25, 0.3) is 12.2 Å². The Bertz CT molecular complexity index is 1330. The fraction of sp³-hybridized carbons (Fsp3) is 0.250. The summed E-state index contributed by atoms with van der Waals surface area (Å²) in [6.45, 7) is 5.15. The number of piperidine rings is 1. The van der Waals surface area contributed by atoms with Gasteiger partial charge in [-0.1, -0.05) is 47.5 Å². The molecule has 0 saturated carbocycles. The summed E-state index contributed by atoms with van der Waals surface area (Å²) in [6, 6.07) is 21.7. The first-order valence-electron chi connectivity index (χ1n) is 13.2. The minimum absolute atomic E-state index is 0. The number of morpholine rings is 1. The van der Waals surface area contributed by atoms with Crippen molar-refractivity contribution < 1.29 is 19.1 Å². The molecule has 214 valence electrons. The maximum Gasteiger partial charge on any atom is 0.254 e. The normalized spacial score (nSPS) is 17.9. The predicted molar refractivity (Wildman–Crippen MR) is 166 cm³/mol. The molecule has 0 unspecified atom stereocenters. The van der Waals surface area contributed by atoms with Gasteiger partial charge in [-0.05, 0) is 71.8 Å². The number of hydrogen-bond donors (Lipinski definition) is 0. The Kier molecular flexibility index (Phi) is 11.0. The Morgan fingerprint density at radius 3 is 1.83 bits per heavy atom. The van der Waals surface area contributed by atoms with Crippen LogP contribution < -0.4 is 4.74 Å². The van der Waals surface area contributed by atoms with Crippen LogP contribution in [0.15, 0.2) is 83.9 Å². The van der Waals surface area contributed by atoms with Gasteiger partial charge in [0.2, 0.25) is 0 Å². The van der Waals surface area contributed by atoms with Crippen molar-refractivity contribution in [2.45, 2.75) is 0 Å². The van der Waals surface area contributed by atoms with Crippen molar-refractivity contribution in [2.75, 3.05) is 52.5 Å². The van der Waals surface area contributed by atoms with E-state index in [1.807, 2.05) is 48.6 Å². The Morgan fingerprint density at radius 1 is 0.805 bits per heavy atom. The zero-order chi connectivity index (χ0) is 27.9. The van der Waals surface area contributed by atoms with Crippen molar-refractivity contribution in [1.82, 2.24) is 9.80 Å². The van der Waals surface area contributed by atoms with Gasteiger partial charge in [-0.2, -0.15) is 0 Å². The molecular formula is C32H31Cl3N2O4. The van der Waals surface area contributed by atoms with E-state index in [0.717, 1.165) is 44.0 Å². The second-order valence-electron chi connectivity index (χ2n) is 9.76. The van der Waals surface area contributed by atoms with Crippen molar-refractivity contribution in [3.05, 3.63) is 111 Å². The number of halogens is 3. The van der Waals surface area contributed by atoms with Crippen LogP contribution in [0, 0.1) is 0 Å². The average Bonchev–Trinajstić information content (AvgIpc) is 2.98. The molecule has 6 nitrogen and oxygen atoms in total. The molecule has 9 heteroatoms. The second-order valence-corrected chi connectivity index (χ2v) is 10.6. The van der Waals surface area contributed by atoms with Gasteiger partial charge < -0.3 is 14.4 Å². The van der Waals surface area contributed by atoms with Crippen molar-refractivity contribution in [3.63, 3.8) is 0 Å². The summed E-state index contributed by atoms with van der Waals surface area (Å²) in [5, 5.41) is 1.23. The molecule has 1 amide bonds. The largest absolute Gasteiger partial charge is 0.492 e. The van der Waals surface area contributed by atoms with E-state index >= 15 is 0 Å². The fourth-order valence-electron chi connectivity index (χ4n) is 4.70. The van der Waals surface area contributed by atoms with Crippen LogP contribution in [0.5, 0.6) is 5.75 Å². The van der Waals surface area contributed by atoms with Gasteiger partial charge in [-0.25, -0.2) is 0 Å². The first-order valence-corrected chi connectivity index (χ1v) is 14.0. The van der Waals surface area contributed by atoms with Crippen LogP contribution in [-0.4, -0.2) is 74.0 Å². The SMILES string of the molecule is Cl.O=C1C(=Cc2ccc(Cl)cc2)CN(C(=O)c2ccc(OCCN3CCOCC3)cc2)CC1=Cc1ccc(Cl)cc1. The monoisotopic (exact) mass is 612 g/mol. The molecule has 2 saturated heterocycles. The van der Waals surface area contributed by atoms with E-state index < -0.39 is 0 Å². The highest BCUT2D eigenvalue weighted by atomic mass is 35.5. The third-order valence-corrected chi connectivity index (χ3v) is 7.40. The van der Waals surface area contributed by atoms with Crippen LogP contribution >= 0.6 is 35.6 Å². The molecule has 0 bridgehead atoms. The minimum atomic E-state index is -0.156. The van der Waals surface area contributed by atoms with Crippen molar-refractivity contribution in [1.29, 1.82) is 0 Å². The molecule has 2 aliphatic heterocycles. The standard InChI is InChI=1S/C32H30Cl2N2O4.ClH/c33-28-7-1-23(2-8-28)19-26-21-36(22-27(31(26)37)20-24-3-9-29(34)10-4-24)32(38)25-5-11-30(12-6-25)40-18-15-35-13-16-39-17-14-35;/h1-12,19-20H,13-18,21-22H2;1H. The molecule has 5 rings (SSSR count). The number of likely N-dealkylation sites (tertiary alicyclic amines) is 1. The first kappa shape index (κ1) is 30.8. The number of amides is 1. The Hall–Kier alpha value is -3.13. The van der Waals surface area contributed by atoms with E-state index in [9.17, 15) is 9.59 Å². The summed E-state index contributed by atoms with van der Waals surface area (Å²) in [5.74, 6) is 0.472. The highest BCUT2D eigenvalue weighted by Crippen LogP contribution is 2.25. The number of ether oxygens (including phenoxy) is 2. The predicted octanol–water partition coefficient (Wildman–Crippen LogP) is 6.32. The Morgan fingerprint density at radius 2 is 1.32 bits per heavy atom. The van der Waals surface area contributed by atoms with Crippen LogP contribution in [0.1, 0.15) is 21.5 Å². The lowest BCUT2D eigenvalue weighted by Crippen LogP contribution is -2.41. The summed E-state index contributed by atoms with van der Waals surface area (Å²) in [7, 11) is 0. The van der Waals surface area contributed by atoms with E-state index in [2.05, 4.69) is 4.90 Å². The summed E-state index contributed by atoms with van der Waals surface area (Å²) < 4.78 is 11.3. The topological polar surface area (TPSA) is 59.1 Å². The molecule has 0 atom stereocenters. The molecule has 2 heterocycles. The van der Waals surface area contributed by atoms with Gasteiger partial charge in [-0.3, -0.25) is 14.5 Å². The van der Waals surface area contributed by atoms with Gasteiger partial charge in [0.1, 0.15) is 12.4 Å². The van der Waals surface area contributed by atoms with Gasteiger partial charge in [0.15, 0.2) is 5.78 Å². The summed E-state index contributed by atoms with van der Waals surface area (Å²) in [4.78, 5) is 31.1. The quantitative estimate of drug-likeness (QED) is 0.292. The number of nitrogens with zero attached hydrogens (tertiary/aromatic N) is 2. The number of carbonyl (C=O) groups is 2. The number of hydrogen-bond acceptors (Lipinski definition) is 5. The summed E-state index contributed by atoms with van der Waals surface area (Å²) in [5.41, 5.74) is 3.28. The third-order valence-electron chi connectivity index (χ3n) is 6.90. The Balaban J connectivity index is 0.00000387. The highest BCUT2D eigenvalue weighted by molar-refractivity contribution is 6.31. The van der Waals surface area contributed by atoms with Gasteiger partial charge in [0, 0.05) is 46.4 Å².